The van der Waals surface area contributed by atoms with Crippen LogP contribution < -0.4 is 5.48 Å². The first kappa shape index (κ1) is 12.8. The summed E-state index contributed by atoms with van der Waals surface area (Å²) in [7, 11) is 0. The minimum Gasteiger partial charge on any atom is -0.272 e. The van der Waals surface area contributed by atoms with Crippen molar-refractivity contribution >= 4 is 5.91 Å². The maximum Gasteiger partial charge on any atom is 0.248 e. The van der Waals surface area contributed by atoms with E-state index < -0.39 is 0 Å². The minimum absolute atomic E-state index is 0.0292. The van der Waals surface area contributed by atoms with E-state index in [-0.39, 0.29) is 22.9 Å². The van der Waals surface area contributed by atoms with E-state index in [9.17, 15) is 4.79 Å². The van der Waals surface area contributed by atoms with Crippen molar-refractivity contribution in [2.45, 2.75) is 70.9 Å². The summed E-state index contributed by atoms with van der Waals surface area (Å²) in [5, 5.41) is 1.96. The van der Waals surface area contributed by atoms with Gasteiger partial charge in [0.25, 0.3) is 0 Å². The standard InChI is InChI=1S/C13H24N2O2/c1-12(2)8-5-9-13(3,4)15(12)17-14-11(16)10-6-7-10/h10H,5-9H2,1-4H3,(H,14,16). The molecule has 0 spiro atoms. The van der Waals surface area contributed by atoms with Gasteiger partial charge in [-0.3, -0.25) is 4.79 Å². The molecule has 0 aromatic heterocycles. The van der Waals surface area contributed by atoms with Crippen LogP contribution in [0.15, 0.2) is 0 Å². The second-order valence-corrected chi connectivity index (χ2v) is 6.60. The summed E-state index contributed by atoms with van der Waals surface area (Å²) in [6, 6.07) is 0. The van der Waals surface area contributed by atoms with E-state index in [0.29, 0.717) is 0 Å². The first-order valence-electron chi connectivity index (χ1n) is 6.60. The van der Waals surface area contributed by atoms with Crippen LogP contribution >= 0.6 is 0 Å². The van der Waals surface area contributed by atoms with Crippen LogP contribution in [-0.2, 0) is 9.73 Å². The van der Waals surface area contributed by atoms with Gasteiger partial charge in [0.2, 0.25) is 5.91 Å². The summed E-state index contributed by atoms with van der Waals surface area (Å²) < 4.78 is 0. The summed E-state index contributed by atoms with van der Waals surface area (Å²) in [5.41, 5.74) is 2.55. The van der Waals surface area contributed by atoms with Crippen molar-refractivity contribution in [1.82, 2.24) is 10.5 Å². The highest BCUT2D eigenvalue weighted by molar-refractivity contribution is 5.79. The van der Waals surface area contributed by atoms with Crippen LogP contribution in [0.2, 0.25) is 0 Å². The average Bonchev–Trinajstić information content (AvgIpc) is 2.97. The monoisotopic (exact) mass is 240 g/mol. The predicted octanol–water partition coefficient (Wildman–Crippen LogP) is 2.40. The van der Waals surface area contributed by atoms with Gasteiger partial charge in [-0.1, -0.05) is 0 Å². The van der Waals surface area contributed by atoms with Crippen molar-refractivity contribution < 1.29 is 9.73 Å². The van der Waals surface area contributed by atoms with E-state index in [4.69, 9.17) is 4.94 Å². The van der Waals surface area contributed by atoms with Crippen molar-refractivity contribution in [3.8, 4) is 0 Å². The molecule has 1 saturated heterocycles. The second-order valence-electron chi connectivity index (χ2n) is 6.60. The molecule has 4 nitrogen and oxygen atoms in total. The van der Waals surface area contributed by atoms with E-state index in [2.05, 4.69) is 33.2 Å². The van der Waals surface area contributed by atoms with Crippen LogP contribution in [0.1, 0.15) is 59.8 Å². The third-order valence-electron chi connectivity index (χ3n) is 3.86. The number of carbonyl (C=O) groups is 1. The van der Waals surface area contributed by atoms with Crippen molar-refractivity contribution in [1.29, 1.82) is 0 Å². The number of hydrogen-bond acceptors (Lipinski definition) is 3. The van der Waals surface area contributed by atoms with E-state index >= 15 is 0 Å². The molecule has 0 aromatic rings. The smallest absolute Gasteiger partial charge is 0.248 e. The Hall–Kier alpha value is -0.610. The zero-order valence-electron chi connectivity index (χ0n) is 11.4. The molecule has 2 fully saturated rings. The SMILES string of the molecule is CC1(C)CCCC(C)(C)N1ONC(=O)C1CC1. The van der Waals surface area contributed by atoms with Gasteiger partial charge in [-0.05, 0) is 59.8 Å². The Morgan fingerprint density at radius 1 is 1.18 bits per heavy atom. The normalized spacial score (nSPS) is 27.8. The summed E-state index contributed by atoms with van der Waals surface area (Å²) in [6.45, 7) is 8.66. The van der Waals surface area contributed by atoms with Crippen LogP contribution in [0.3, 0.4) is 0 Å². The molecule has 0 unspecified atom stereocenters. The maximum absolute atomic E-state index is 11.6. The van der Waals surface area contributed by atoms with Gasteiger partial charge in [0.15, 0.2) is 0 Å². The van der Waals surface area contributed by atoms with Crippen LogP contribution in [0.25, 0.3) is 0 Å². The second kappa shape index (κ2) is 4.25. The molecule has 0 atom stereocenters. The topological polar surface area (TPSA) is 41.6 Å². The fourth-order valence-electron chi connectivity index (χ4n) is 2.74. The van der Waals surface area contributed by atoms with Gasteiger partial charge < -0.3 is 0 Å². The van der Waals surface area contributed by atoms with Gasteiger partial charge >= 0.3 is 0 Å². The highest BCUT2D eigenvalue weighted by atomic mass is 16.8. The Morgan fingerprint density at radius 3 is 2.18 bits per heavy atom. The van der Waals surface area contributed by atoms with Crippen LogP contribution in [-0.4, -0.2) is 22.0 Å². The van der Waals surface area contributed by atoms with Crippen molar-refractivity contribution in [3.05, 3.63) is 0 Å². The van der Waals surface area contributed by atoms with Gasteiger partial charge in [0.1, 0.15) is 0 Å². The number of piperidine rings is 1. The molecule has 1 heterocycles. The lowest BCUT2D eigenvalue weighted by atomic mass is 9.82. The number of amides is 1. The Morgan fingerprint density at radius 2 is 1.71 bits per heavy atom. The van der Waals surface area contributed by atoms with Gasteiger partial charge in [0.05, 0.1) is 0 Å². The molecular formula is C13H24N2O2. The largest absolute Gasteiger partial charge is 0.272 e. The molecule has 0 radical (unpaired) electrons. The fraction of sp³-hybridized carbons (Fsp3) is 0.923. The molecule has 98 valence electrons. The van der Waals surface area contributed by atoms with E-state index in [1.165, 1.54) is 6.42 Å². The Balaban J connectivity index is 1.96. The summed E-state index contributed by atoms with van der Waals surface area (Å²) in [6.07, 6.45) is 5.39. The first-order chi connectivity index (χ1) is 7.83. The summed E-state index contributed by atoms with van der Waals surface area (Å²) in [4.78, 5) is 17.2. The molecule has 1 saturated carbocycles. The minimum atomic E-state index is -0.0292. The lowest BCUT2D eigenvalue weighted by molar-refractivity contribution is -0.308. The van der Waals surface area contributed by atoms with Crippen molar-refractivity contribution in [2.24, 2.45) is 5.92 Å². The number of rotatable bonds is 3. The molecule has 2 aliphatic rings. The average molecular weight is 240 g/mol. The van der Waals surface area contributed by atoms with Gasteiger partial charge in [-0.2, -0.15) is 10.0 Å². The lowest BCUT2D eigenvalue weighted by Gasteiger charge is -2.50. The number of hydrogen-bond donors (Lipinski definition) is 1. The van der Waals surface area contributed by atoms with Crippen LogP contribution in [0, 0.1) is 5.92 Å². The molecule has 1 aliphatic carbocycles. The molecule has 4 heteroatoms. The Kier molecular flexibility index (Phi) is 3.21. The molecular weight excluding hydrogens is 216 g/mol. The molecule has 2 rings (SSSR count). The predicted molar refractivity (Wildman–Crippen MR) is 65.8 cm³/mol. The van der Waals surface area contributed by atoms with Crippen molar-refractivity contribution in [3.63, 3.8) is 0 Å². The molecule has 0 bridgehead atoms. The fourth-order valence-corrected chi connectivity index (χ4v) is 2.74. The molecule has 17 heavy (non-hydrogen) atoms. The molecule has 1 amide bonds. The quantitative estimate of drug-likeness (QED) is 0.770. The van der Waals surface area contributed by atoms with E-state index in [1.54, 1.807) is 0 Å². The third-order valence-corrected chi connectivity index (χ3v) is 3.86. The zero-order valence-corrected chi connectivity index (χ0v) is 11.4. The zero-order chi connectivity index (χ0) is 12.7. The van der Waals surface area contributed by atoms with Gasteiger partial charge in [-0.25, -0.2) is 5.48 Å². The highest BCUT2D eigenvalue weighted by Crippen LogP contribution is 2.38. The molecule has 0 aromatic carbocycles. The number of nitrogens with zero attached hydrogens (tertiary/aromatic N) is 1. The number of hydroxylamine groups is 3. The van der Waals surface area contributed by atoms with E-state index in [0.717, 1.165) is 25.7 Å². The lowest BCUT2D eigenvalue weighted by Crippen LogP contribution is -2.60. The van der Waals surface area contributed by atoms with Crippen LogP contribution in [0.4, 0.5) is 0 Å². The first-order valence-corrected chi connectivity index (χ1v) is 6.60. The maximum atomic E-state index is 11.6. The summed E-state index contributed by atoms with van der Waals surface area (Å²) >= 11 is 0. The van der Waals surface area contributed by atoms with Gasteiger partial charge in [-0.15, -0.1) is 0 Å². The van der Waals surface area contributed by atoms with E-state index in [1.807, 2.05) is 5.06 Å². The van der Waals surface area contributed by atoms with Crippen LogP contribution in [0.5, 0.6) is 0 Å². The highest BCUT2D eigenvalue weighted by Gasteiger charge is 2.43. The summed E-state index contributed by atoms with van der Waals surface area (Å²) in [5.74, 6) is 0.216. The third kappa shape index (κ3) is 2.80. The Labute approximate surface area is 104 Å². The van der Waals surface area contributed by atoms with Crippen molar-refractivity contribution in [2.75, 3.05) is 0 Å². The molecule has 1 N–H and O–H groups in total. The number of carbonyl (C=O) groups excluding carboxylic acids is 1. The molecule has 1 aliphatic heterocycles. The Bertz CT molecular complexity index is 293. The number of nitrogens with one attached hydrogen (secondary N) is 1. The van der Waals surface area contributed by atoms with Gasteiger partial charge in [0, 0.05) is 17.0 Å².